The minimum atomic E-state index is -0.126. The lowest BCUT2D eigenvalue weighted by molar-refractivity contribution is -0.154. The number of nitrogens with zero attached hydrogens (tertiary/aromatic N) is 1. The lowest BCUT2D eigenvalue weighted by Crippen LogP contribution is -2.58. The van der Waals surface area contributed by atoms with Gasteiger partial charge < -0.3 is 9.84 Å². The van der Waals surface area contributed by atoms with E-state index in [1.165, 1.54) is 7.11 Å². The van der Waals surface area contributed by atoms with Crippen LogP contribution < -0.4 is 0 Å². The normalized spacial score (nSPS) is 37.1. The summed E-state index contributed by atoms with van der Waals surface area (Å²) in [5, 5.41) is 9.41. The first-order valence-electron chi connectivity index (χ1n) is 5.74. The highest BCUT2D eigenvalue weighted by atomic mass is 16.5. The molecule has 1 aliphatic carbocycles. The maximum Gasteiger partial charge on any atom is 0.323 e. The van der Waals surface area contributed by atoms with Crippen molar-refractivity contribution in [3.63, 3.8) is 0 Å². The quantitative estimate of drug-likeness (QED) is 0.680. The van der Waals surface area contributed by atoms with E-state index >= 15 is 0 Å². The van der Waals surface area contributed by atoms with Crippen molar-refractivity contribution in [1.29, 1.82) is 0 Å². The summed E-state index contributed by atoms with van der Waals surface area (Å²) in [6.07, 6.45) is 4.55. The molecule has 2 fully saturated rings. The number of rotatable bonds is 2. The first-order chi connectivity index (χ1) is 7.22. The Balaban J connectivity index is 1.86. The van der Waals surface area contributed by atoms with Crippen molar-refractivity contribution in [3.05, 3.63) is 0 Å². The van der Waals surface area contributed by atoms with Crippen molar-refractivity contribution in [2.45, 2.75) is 50.3 Å². The smallest absolute Gasteiger partial charge is 0.323 e. The monoisotopic (exact) mass is 213 g/mol. The van der Waals surface area contributed by atoms with Gasteiger partial charge >= 0.3 is 5.97 Å². The summed E-state index contributed by atoms with van der Waals surface area (Å²) in [4.78, 5) is 13.6. The van der Waals surface area contributed by atoms with Gasteiger partial charge in [-0.15, -0.1) is 0 Å². The van der Waals surface area contributed by atoms with Crippen LogP contribution in [0.25, 0.3) is 0 Å². The largest absolute Gasteiger partial charge is 0.468 e. The zero-order valence-corrected chi connectivity index (χ0v) is 9.19. The van der Waals surface area contributed by atoms with E-state index in [2.05, 4.69) is 4.90 Å². The second-order valence-corrected chi connectivity index (χ2v) is 4.53. The van der Waals surface area contributed by atoms with E-state index in [0.29, 0.717) is 6.04 Å². The molecule has 86 valence electrons. The van der Waals surface area contributed by atoms with Gasteiger partial charge in [-0.3, -0.25) is 9.69 Å². The topological polar surface area (TPSA) is 49.8 Å². The van der Waals surface area contributed by atoms with Crippen LogP contribution in [0.5, 0.6) is 0 Å². The molecule has 4 heteroatoms. The number of ether oxygens (including phenoxy) is 1. The van der Waals surface area contributed by atoms with E-state index < -0.39 is 0 Å². The van der Waals surface area contributed by atoms with E-state index in [-0.39, 0.29) is 18.1 Å². The lowest BCUT2D eigenvalue weighted by atomic mass is 9.88. The molecule has 4 nitrogen and oxygen atoms in total. The highest BCUT2D eigenvalue weighted by Crippen LogP contribution is 2.30. The van der Waals surface area contributed by atoms with Gasteiger partial charge in [-0.25, -0.2) is 0 Å². The number of carbonyl (C=O) groups excluding carboxylic acids is 1. The lowest BCUT2D eigenvalue weighted by Gasteiger charge is -2.46. The summed E-state index contributed by atoms with van der Waals surface area (Å²) >= 11 is 0. The molecular weight excluding hydrogens is 194 g/mol. The van der Waals surface area contributed by atoms with Crippen LogP contribution in [0.4, 0.5) is 0 Å². The molecule has 2 aliphatic rings. The van der Waals surface area contributed by atoms with Gasteiger partial charge in [-0.05, 0) is 32.1 Å². The summed E-state index contributed by atoms with van der Waals surface area (Å²) < 4.78 is 4.77. The Morgan fingerprint density at radius 2 is 1.93 bits per heavy atom. The van der Waals surface area contributed by atoms with Crippen molar-refractivity contribution in [2.75, 3.05) is 13.7 Å². The first-order valence-corrected chi connectivity index (χ1v) is 5.74. The molecular formula is C11H19NO3. The molecule has 0 amide bonds. The van der Waals surface area contributed by atoms with E-state index in [0.717, 1.165) is 38.6 Å². The summed E-state index contributed by atoms with van der Waals surface area (Å²) in [6, 6.07) is 0.460. The predicted octanol–water partition coefficient (Wildman–Crippen LogP) is 0.537. The maximum atomic E-state index is 11.4. The van der Waals surface area contributed by atoms with Gasteiger partial charge in [0.25, 0.3) is 0 Å². The molecule has 0 aromatic carbocycles. The summed E-state index contributed by atoms with van der Waals surface area (Å²) in [7, 11) is 1.45. The number of carbonyl (C=O) groups is 1. The Bertz CT molecular complexity index is 236. The zero-order chi connectivity index (χ0) is 10.8. The Hall–Kier alpha value is -0.610. The van der Waals surface area contributed by atoms with Gasteiger partial charge in [0.05, 0.1) is 13.2 Å². The Kier molecular flexibility index (Phi) is 3.26. The Morgan fingerprint density at radius 3 is 2.40 bits per heavy atom. The fraction of sp³-hybridized carbons (Fsp3) is 0.909. The standard InChI is InChI=1S/C11H19NO3/c1-15-11(14)10-6-7-12(10)8-2-4-9(13)5-3-8/h8-10,13H,2-7H2,1H3. The molecule has 0 aromatic rings. The second kappa shape index (κ2) is 4.49. The molecule has 1 saturated carbocycles. The summed E-state index contributed by atoms with van der Waals surface area (Å²) in [6.45, 7) is 1.00. The van der Waals surface area contributed by atoms with Gasteiger partial charge in [-0.1, -0.05) is 0 Å². The van der Waals surface area contributed by atoms with Gasteiger partial charge in [0.15, 0.2) is 0 Å². The van der Waals surface area contributed by atoms with Crippen LogP contribution in [0.3, 0.4) is 0 Å². The summed E-state index contributed by atoms with van der Waals surface area (Å²) in [5.41, 5.74) is 0. The van der Waals surface area contributed by atoms with Crippen molar-refractivity contribution < 1.29 is 14.6 Å². The molecule has 1 N–H and O–H groups in total. The molecule has 0 bridgehead atoms. The number of likely N-dealkylation sites (tertiary alicyclic amines) is 1. The Morgan fingerprint density at radius 1 is 1.27 bits per heavy atom. The predicted molar refractivity (Wildman–Crippen MR) is 55.4 cm³/mol. The van der Waals surface area contributed by atoms with Crippen LogP contribution in [0.2, 0.25) is 0 Å². The van der Waals surface area contributed by atoms with Crippen molar-refractivity contribution >= 4 is 5.97 Å². The minimum absolute atomic E-state index is 0.0183. The van der Waals surface area contributed by atoms with Crippen LogP contribution in [0.1, 0.15) is 32.1 Å². The fourth-order valence-corrected chi connectivity index (χ4v) is 2.62. The van der Waals surface area contributed by atoms with Crippen LogP contribution >= 0.6 is 0 Å². The highest BCUT2D eigenvalue weighted by molar-refractivity contribution is 5.76. The van der Waals surface area contributed by atoms with Crippen molar-refractivity contribution in [3.8, 4) is 0 Å². The van der Waals surface area contributed by atoms with Crippen LogP contribution in [-0.2, 0) is 9.53 Å². The average Bonchev–Trinajstić information content (AvgIpc) is 2.19. The summed E-state index contributed by atoms with van der Waals surface area (Å²) in [5.74, 6) is -0.104. The number of methoxy groups -OCH3 is 1. The van der Waals surface area contributed by atoms with E-state index in [1.807, 2.05) is 0 Å². The van der Waals surface area contributed by atoms with Crippen LogP contribution in [-0.4, -0.2) is 47.8 Å². The zero-order valence-electron chi connectivity index (χ0n) is 9.19. The molecule has 1 heterocycles. The average molecular weight is 213 g/mol. The molecule has 0 spiro atoms. The number of hydrogen-bond acceptors (Lipinski definition) is 4. The van der Waals surface area contributed by atoms with Crippen LogP contribution in [0, 0.1) is 0 Å². The SMILES string of the molecule is COC(=O)C1CCN1C1CCC(O)CC1. The van der Waals surface area contributed by atoms with Gasteiger partial charge in [0.1, 0.15) is 6.04 Å². The molecule has 1 atom stereocenters. The van der Waals surface area contributed by atoms with Crippen molar-refractivity contribution in [1.82, 2.24) is 4.90 Å². The molecule has 2 rings (SSSR count). The van der Waals surface area contributed by atoms with Gasteiger partial charge in [0.2, 0.25) is 0 Å². The molecule has 1 aliphatic heterocycles. The number of aliphatic hydroxyl groups excluding tert-OH is 1. The third-order valence-electron chi connectivity index (χ3n) is 3.67. The van der Waals surface area contributed by atoms with Crippen LogP contribution in [0.15, 0.2) is 0 Å². The number of hydrogen-bond donors (Lipinski definition) is 1. The molecule has 1 saturated heterocycles. The maximum absolute atomic E-state index is 11.4. The van der Waals surface area contributed by atoms with E-state index in [9.17, 15) is 9.90 Å². The second-order valence-electron chi connectivity index (χ2n) is 4.53. The molecule has 1 unspecified atom stereocenters. The molecule has 0 radical (unpaired) electrons. The van der Waals surface area contributed by atoms with Gasteiger partial charge in [-0.2, -0.15) is 0 Å². The third-order valence-corrected chi connectivity index (χ3v) is 3.67. The molecule has 0 aromatic heterocycles. The van der Waals surface area contributed by atoms with Crippen molar-refractivity contribution in [2.24, 2.45) is 0 Å². The van der Waals surface area contributed by atoms with E-state index in [1.54, 1.807) is 0 Å². The fourth-order valence-electron chi connectivity index (χ4n) is 2.62. The minimum Gasteiger partial charge on any atom is -0.468 e. The first kappa shape index (κ1) is 10.9. The number of aliphatic hydroxyl groups is 1. The highest BCUT2D eigenvalue weighted by Gasteiger charge is 2.40. The molecule has 15 heavy (non-hydrogen) atoms. The third kappa shape index (κ3) is 2.16. The van der Waals surface area contributed by atoms with E-state index in [4.69, 9.17) is 4.74 Å². The number of esters is 1. The Labute approximate surface area is 90.2 Å². The van der Waals surface area contributed by atoms with Gasteiger partial charge in [0, 0.05) is 12.6 Å².